The zero-order chi connectivity index (χ0) is 11.7. The van der Waals surface area contributed by atoms with Crippen LogP contribution in [0.5, 0.6) is 0 Å². The molecule has 0 saturated carbocycles. The molecule has 4 N–H and O–H groups in total. The molecule has 0 radical (unpaired) electrons. The summed E-state index contributed by atoms with van der Waals surface area (Å²) < 4.78 is 5.37. The quantitative estimate of drug-likeness (QED) is 0.243. The van der Waals surface area contributed by atoms with Crippen LogP contribution in [0.1, 0.15) is 27.2 Å². The third-order valence-corrected chi connectivity index (χ3v) is 2.22. The Labute approximate surface area is 91.7 Å². The molecular weight excluding hydrogens is 194 g/mol. The van der Waals surface area contributed by atoms with E-state index in [1.54, 1.807) is 0 Å². The first-order valence-electron chi connectivity index (χ1n) is 5.39. The number of nitrogens with zero attached hydrogens (tertiary/aromatic N) is 1. The van der Waals surface area contributed by atoms with E-state index in [9.17, 15) is 0 Å². The van der Waals surface area contributed by atoms with Gasteiger partial charge in [-0.25, -0.2) is 0 Å². The molecule has 1 unspecified atom stereocenters. The van der Waals surface area contributed by atoms with Gasteiger partial charge in [0.25, 0.3) is 0 Å². The van der Waals surface area contributed by atoms with Crippen LogP contribution in [0.15, 0.2) is 5.16 Å². The minimum absolute atomic E-state index is 0.251. The van der Waals surface area contributed by atoms with Crippen molar-refractivity contribution in [2.45, 2.75) is 33.2 Å². The number of nitrogens with one attached hydrogen (secondary N) is 1. The molecule has 0 aliphatic heterocycles. The number of rotatable bonds is 8. The highest BCUT2D eigenvalue weighted by Gasteiger charge is 2.12. The Balaban J connectivity index is 3.75. The van der Waals surface area contributed by atoms with Crippen molar-refractivity contribution in [1.82, 2.24) is 5.32 Å². The second-order valence-corrected chi connectivity index (χ2v) is 3.81. The van der Waals surface area contributed by atoms with E-state index in [4.69, 9.17) is 15.7 Å². The van der Waals surface area contributed by atoms with Gasteiger partial charge >= 0.3 is 0 Å². The fraction of sp³-hybridized carbons (Fsp3) is 0.900. The molecule has 0 amide bonds. The minimum atomic E-state index is 0.251. The molecule has 0 heterocycles. The molecule has 5 heteroatoms. The molecule has 15 heavy (non-hydrogen) atoms. The van der Waals surface area contributed by atoms with Crippen molar-refractivity contribution >= 4 is 5.84 Å². The van der Waals surface area contributed by atoms with Gasteiger partial charge in [-0.2, -0.15) is 0 Å². The maximum absolute atomic E-state index is 8.36. The summed E-state index contributed by atoms with van der Waals surface area (Å²) in [6, 6.07) is 0.316. The van der Waals surface area contributed by atoms with Crippen LogP contribution in [-0.2, 0) is 4.74 Å². The first kappa shape index (κ1) is 14.2. The van der Waals surface area contributed by atoms with Crippen LogP contribution < -0.4 is 11.1 Å². The first-order chi connectivity index (χ1) is 7.11. The van der Waals surface area contributed by atoms with E-state index in [0.717, 1.165) is 6.61 Å². The molecule has 0 aromatic rings. The first-order valence-corrected chi connectivity index (χ1v) is 5.39. The summed E-state index contributed by atoms with van der Waals surface area (Å²) in [6.45, 7) is 8.38. The molecule has 0 aromatic carbocycles. The highest BCUT2D eigenvalue weighted by molar-refractivity contribution is 5.79. The van der Waals surface area contributed by atoms with Crippen LogP contribution in [0, 0.1) is 5.92 Å². The van der Waals surface area contributed by atoms with E-state index in [0.29, 0.717) is 31.5 Å². The predicted octanol–water partition coefficient (Wildman–Crippen LogP) is 0.774. The van der Waals surface area contributed by atoms with Gasteiger partial charge < -0.3 is 21.0 Å². The van der Waals surface area contributed by atoms with E-state index < -0.39 is 0 Å². The molecular formula is C10H23N3O2. The molecule has 1 atom stereocenters. The molecule has 0 spiro atoms. The van der Waals surface area contributed by atoms with Gasteiger partial charge in [-0.1, -0.05) is 19.0 Å². The van der Waals surface area contributed by atoms with E-state index in [2.05, 4.69) is 24.3 Å². The van der Waals surface area contributed by atoms with Crippen molar-refractivity contribution in [3.05, 3.63) is 0 Å². The Morgan fingerprint density at radius 1 is 1.53 bits per heavy atom. The Kier molecular flexibility index (Phi) is 8.04. The smallest absolute Gasteiger partial charge is 0.140 e. The van der Waals surface area contributed by atoms with Crippen LogP contribution in [0.25, 0.3) is 0 Å². The lowest BCUT2D eigenvalue weighted by atomic mass is 10.1. The number of hydrogen-bond acceptors (Lipinski definition) is 4. The lowest BCUT2D eigenvalue weighted by Crippen LogP contribution is -2.39. The summed E-state index contributed by atoms with van der Waals surface area (Å²) in [5.74, 6) is 0.755. The van der Waals surface area contributed by atoms with Crippen LogP contribution in [0.2, 0.25) is 0 Å². The van der Waals surface area contributed by atoms with Gasteiger partial charge in [0.05, 0.1) is 6.61 Å². The molecule has 0 aromatic heterocycles. The Bertz CT molecular complexity index is 184. The van der Waals surface area contributed by atoms with Crippen molar-refractivity contribution in [3.8, 4) is 0 Å². The maximum atomic E-state index is 8.36. The molecule has 5 nitrogen and oxygen atoms in total. The second-order valence-electron chi connectivity index (χ2n) is 3.81. The lowest BCUT2D eigenvalue weighted by molar-refractivity contribution is 0.109. The molecule has 90 valence electrons. The lowest BCUT2D eigenvalue weighted by Gasteiger charge is -2.21. The van der Waals surface area contributed by atoms with Gasteiger partial charge in [0.15, 0.2) is 0 Å². The van der Waals surface area contributed by atoms with Crippen LogP contribution in [0.4, 0.5) is 0 Å². The van der Waals surface area contributed by atoms with Gasteiger partial charge in [-0.15, -0.1) is 0 Å². The number of amidine groups is 1. The predicted molar refractivity (Wildman–Crippen MR) is 61.1 cm³/mol. The largest absolute Gasteiger partial charge is 0.409 e. The number of ether oxygens (including phenoxy) is 1. The Morgan fingerprint density at radius 3 is 2.67 bits per heavy atom. The highest BCUT2D eigenvalue weighted by atomic mass is 16.5. The zero-order valence-corrected chi connectivity index (χ0v) is 9.86. The molecule has 0 bridgehead atoms. The van der Waals surface area contributed by atoms with Gasteiger partial charge in [0.1, 0.15) is 5.84 Å². The molecule has 0 aliphatic carbocycles. The highest BCUT2D eigenvalue weighted by Crippen LogP contribution is 2.02. The normalized spacial score (nSPS) is 14.5. The fourth-order valence-electron chi connectivity index (χ4n) is 1.17. The fourth-order valence-corrected chi connectivity index (χ4v) is 1.17. The van der Waals surface area contributed by atoms with E-state index in [-0.39, 0.29) is 5.84 Å². The standard InChI is InChI=1S/C10H23N3O2/c1-4-15-7-9(8(2)3)12-6-5-10(11)13-14/h8-9,12,14H,4-7H2,1-3H3,(H2,11,13). The molecule has 0 saturated heterocycles. The van der Waals surface area contributed by atoms with Gasteiger partial charge in [-0.05, 0) is 12.8 Å². The third-order valence-electron chi connectivity index (χ3n) is 2.22. The Hall–Kier alpha value is -0.810. The topological polar surface area (TPSA) is 79.9 Å². The average Bonchev–Trinajstić information content (AvgIpc) is 2.22. The van der Waals surface area contributed by atoms with Crippen LogP contribution in [0.3, 0.4) is 0 Å². The number of hydrogen-bond donors (Lipinski definition) is 3. The van der Waals surface area contributed by atoms with Crippen LogP contribution in [-0.4, -0.2) is 36.8 Å². The summed E-state index contributed by atoms with van der Waals surface area (Å²) in [6.07, 6.45) is 0.547. The van der Waals surface area contributed by atoms with Crippen molar-refractivity contribution in [2.24, 2.45) is 16.8 Å². The molecule has 0 aliphatic rings. The van der Waals surface area contributed by atoms with E-state index in [1.807, 2.05) is 6.92 Å². The van der Waals surface area contributed by atoms with E-state index in [1.165, 1.54) is 0 Å². The SMILES string of the molecule is CCOCC(NCCC(N)=NO)C(C)C. The Morgan fingerprint density at radius 2 is 2.20 bits per heavy atom. The molecule has 0 fully saturated rings. The van der Waals surface area contributed by atoms with Gasteiger partial charge in [0.2, 0.25) is 0 Å². The summed E-state index contributed by atoms with van der Waals surface area (Å²) in [5.41, 5.74) is 5.36. The maximum Gasteiger partial charge on any atom is 0.140 e. The average molecular weight is 217 g/mol. The van der Waals surface area contributed by atoms with Gasteiger partial charge in [0, 0.05) is 25.6 Å². The minimum Gasteiger partial charge on any atom is -0.409 e. The van der Waals surface area contributed by atoms with Crippen molar-refractivity contribution < 1.29 is 9.94 Å². The van der Waals surface area contributed by atoms with Crippen LogP contribution >= 0.6 is 0 Å². The summed E-state index contributed by atoms with van der Waals surface area (Å²) >= 11 is 0. The number of nitrogens with two attached hydrogens (primary N) is 1. The van der Waals surface area contributed by atoms with Crippen molar-refractivity contribution in [3.63, 3.8) is 0 Å². The summed E-state index contributed by atoms with van der Waals surface area (Å²) in [5, 5.41) is 14.6. The van der Waals surface area contributed by atoms with Gasteiger partial charge in [-0.3, -0.25) is 0 Å². The number of oxime groups is 1. The third kappa shape index (κ3) is 7.16. The van der Waals surface area contributed by atoms with E-state index >= 15 is 0 Å². The van der Waals surface area contributed by atoms with Crippen molar-refractivity contribution in [2.75, 3.05) is 19.8 Å². The second kappa shape index (κ2) is 8.49. The summed E-state index contributed by atoms with van der Waals surface area (Å²) in [7, 11) is 0. The monoisotopic (exact) mass is 217 g/mol. The molecule has 0 rings (SSSR count). The summed E-state index contributed by atoms with van der Waals surface area (Å²) in [4.78, 5) is 0. The van der Waals surface area contributed by atoms with Crippen molar-refractivity contribution in [1.29, 1.82) is 0 Å². The zero-order valence-electron chi connectivity index (χ0n) is 9.86.